The zero-order chi connectivity index (χ0) is 17.2. The number of thiazole rings is 1. The summed E-state index contributed by atoms with van der Waals surface area (Å²) < 4.78 is 2.11. The molecule has 0 saturated heterocycles. The van der Waals surface area contributed by atoms with Gasteiger partial charge in [-0.15, -0.1) is 11.3 Å². The third-order valence-corrected chi connectivity index (χ3v) is 5.83. The minimum atomic E-state index is -0.0993. The summed E-state index contributed by atoms with van der Waals surface area (Å²) >= 11 is 3.84. The van der Waals surface area contributed by atoms with E-state index < -0.39 is 0 Å². The maximum atomic E-state index is 12.4. The van der Waals surface area contributed by atoms with Crippen molar-refractivity contribution in [2.24, 2.45) is 0 Å². The summed E-state index contributed by atoms with van der Waals surface area (Å²) in [6, 6.07) is 23.5. The molecule has 5 heteroatoms. The minimum absolute atomic E-state index is 0.0993. The van der Waals surface area contributed by atoms with E-state index in [4.69, 9.17) is 0 Å². The van der Waals surface area contributed by atoms with Gasteiger partial charge in [-0.05, 0) is 71.1 Å². The molecule has 3 nitrogen and oxygen atoms in total. The molecule has 122 valence electrons. The molecule has 0 bridgehead atoms. The Bertz CT molecular complexity index is 1020. The maximum absolute atomic E-state index is 12.4. The van der Waals surface area contributed by atoms with Crippen molar-refractivity contribution in [2.75, 3.05) is 5.32 Å². The van der Waals surface area contributed by atoms with Crippen LogP contribution in [0.5, 0.6) is 0 Å². The number of anilines is 1. The quantitative estimate of drug-likeness (QED) is 0.395. The van der Waals surface area contributed by atoms with Crippen LogP contribution in [0.15, 0.2) is 72.8 Å². The van der Waals surface area contributed by atoms with E-state index in [0.29, 0.717) is 5.56 Å². The highest BCUT2D eigenvalue weighted by Crippen LogP contribution is 2.30. The fourth-order valence-corrected chi connectivity index (χ4v) is 4.14. The van der Waals surface area contributed by atoms with Crippen LogP contribution in [0.2, 0.25) is 0 Å². The number of halogens is 1. The van der Waals surface area contributed by atoms with Gasteiger partial charge in [0.05, 0.1) is 15.8 Å². The van der Waals surface area contributed by atoms with Crippen LogP contribution < -0.4 is 5.32 Å². The van der Waals surface area contributed by atoms with E-state index in [1.165, 1.54) is 4.70 Å². The highest BCUT2D eigenvalue weighted by atomic mass is 127. The Morgan fingerprint density at radius 3 is 2.40 bits per heavy atom. The lowest BCUT2D eigenvalue weighted by atomic mass is 10.2. The van der Waals surface area contributed by atoms with Gasteiger partial charge in [0.15, 0.2) is 0 Å². The smallest absolute Gasteiger partial charge is 0.256 e. The zero-order valence-corrected chi connectivity index (χ0v) is 16.0. The Kier molecular flexibility index (Phi) is 4.50. The third-order valence-electron chi connectivity index (χ3n) is 3.80. The Hall–Kier alpha value is -2.25. The molecule has 0 spiro atoms. The monoisotopic (exact) mass is 456 g/mol. The van der Waals surface area contributed by atoms with Gasteiger partial charge < -0.3 is 5.32 Å². The molecule has 0 aliphatic carbocycles. The molecule has 0 aliphatic heterocycles. The van der Waals surface area contributed by atoms with Crippen LogP contribution in [0.4, 0.5) is 5.69 Å². The molecule has 0 atom stereocenters. The number of aromatic nitrogens is 1. The van der Waals surface area contributed by atoms with Crippen molar-refractivity contribution in [1.29, 1.82) is 0 Å². The third kappa shape index (κ3) is 3.43. The van der Waals surface area contributed by atoms with E-state index in [9.17, 15) is 4.79 Å². The van der Waals surface area contributed by atoms with Crippen LogP contribution in [0.3, 0.4) is 0 Å². The summed E-state index contributed by atoms with van der Waals surface area (Å²) in [7, 11) is 0. The molecule has 3 aromatic carbocycles. The Labute approximate surface area is 162 Å². The van der Waals surface area contributed by atoms with Crippen molar-refractivity contribution < 1.29 is 4.79 Å². The van der Waals surface area contributed by atoms with E-state index in [0.717, 1.165) is 25.3 Å². The summed E-state index contributed by atoms with van der Waals surface area (Å²) in [6.07, 6.45) is 0. The van der Waals surface area contributed by atoms with Crippen LogP contribution >= 0.6 is 33.9 Å². The fourth-order valence-electron chi connectivity index (χ4n) is 2.54. The topological polar surface area (TPSA) is 42.0 Å². The number of fused-ring (bicyclic) bond motifs is 1. The Morgan fingerprint density at radius 2 is 1.64 bits per heavy atom. The lowest BCUT2D eigenvalue weighted by Gasteiger charge is -2.07. The van der Waals surface area contributed by atoms with Crippen molar-refractivity contribution in [3.05, 3.63) is 81.9 Å². The van der Waals surface area contributed by atoms with E-state index in [1.54, 1.807) is 11.3 Å². The van der Waals surface area contributed by atoms with Crippen molar-refractivity contribution >= 4 is 55.7 Å². The average Bonchev–Trinajstić information content (AvgIpc) is 3.07. The molecule has 0 radical (unpaired) electrons. The lowest BCUT2D eigenvalue weighted by Crippen LogP contribution is -2.13. The number of nitrogens with one attached hydrogen (secondary N) is 1. The van der Waals surface area contributed by atoms with Gasteiger partial charge in [0.25, 0.3) is 5.91 Å². The molecule has 1 aromatic heterocycles. The van der Waals surface area contributed by atoms with Crippen molar-refractivity contribution in [2.45, 2.75) is 0 Å². The van der Waals surface area contributed by atoms with Gasteiger partial charge in [-0.2, -0.15) is 0 Å². The largest absolute Gasteiger partial charge is 0.322 e. The van der Waals surface area contributed by atoms with E-state index >= 15 is 0 Å². The molecule has 0 aliphatic rings. The van der Waals surface area contributed by atoms with Gasteiger partial charge in [-0.25, -0.2) is 4.98 Å². The highest BCUT2D eigenvalue weighted by Gasteiger charge is 2.10. The van der Waals surface area contributed by atoms with Crippen molar-refractivity contribution in [1.82, 2.24) is 4.98 Å². The molecular formula is C20H13IN2OS. The van der Waals surface area contributed by atoms with Crippen LogP contribution in [0.25, 0.3) is 20.8 Å². The molecule has 1 amide bonds. The first-order valence-electron chi connectivity index (χ1n) is 7.72. The Morgan fingerprint density at radius 1 is 0.920 bits per heavy atom. The van der Waals surface area contributed by atoms with Crippen molar-refractivity contribution in [3.8, 4) is 10.6 Å². The second kappa shape index (κ2) is 6.93. The number of carbonyl (C=O) groups excluding carboxylic acids is 1. The predicted octanol–water partition coefficient (Wildman–Crippen LogP) is 5.82. The molecule has 25 heavy (non-hydrogen) atoms. The molecule has 4 rings (SSSR count). The number of carbonyl (C=O) groups is 1. The molecule has 0 unspecified atom stereocenters. The maximum Gasteiger partial charge on any atom is 0.256 e. The van der Waals surface area contributed by atoms with Crippen LogP contribution in [-0.4, -0.2) is 10.9 Å². The number of rotatable bonds is 3. The predicted molar refractivity (Wildman–Crippen MR) is 112 cm³/mol. The number of hydrogen-bond acceptors (Lipinski definition) is 3. The summed E-state index contributed by atoms with van der Waals surface area (Å²) in [5.74, 6) is -0.0993. The number of para-hydroxylation sites is 1. The first-order chi connectivity index (χ1) is 12.2. The van der Waals surface area contributed by atoms with E-state index in [2.05, 4.69) is 39.0 Å². The van der Waals surface area contributed by atoms with Crippen LogP contribution in [0, 0.1) is 3.57 Å². The summed E-state index contributed by atoms with van der Waals surface area (Å²) in [5, 5.41) is 3.93. The van der Waals surface area contributed by atoms with E-state index in [1.807, 2.05) is 66.7 Å². The summed E-state index contributed by atoms with van der Waals surface area (Å²) in [5.41, 5.74) is 3.51. The first kappa shape index (κ1) is 16.2. The number of benzene rings is 3. The fraction of sp³-hybridized carbons (Fsp3) is 0. The van der Waals surface area contributed by atoms with Crippen molar-refractivity contribution in [3.63, 3.8) is 0 Å². The van der Waals surface area contributed by atoms with Crippen LogP contribution in [-0.2, 0) is 0 Å². The average molecular weight is 456 g/mol. The molecule has 4 aromatic rings. The van der Waals surface area contributed by atoms with Gasteiger partial charge in [-0.3, -0.25) is 4.79 Å². The minimum Gasteiger partial charge on any atom is -0.322 e. The molecule has 0 fully saturated rings. The lowest BCUT2D eigenvalue weighted by molar-refractivity contribution is 0.102. The normalized spacial score (nSPS) is 10.8. The highest BCUT2D eigenvalue weighted by molar-refractivity contribution is 14.1. The number of nitrogens with zero attached hydrogens (tertiary/aromatic N) is 1. The van der Waals surface area contributed by atoms with Gasteiger partial charge in [0.2, 0.25) is 0 Å². The van der Waals surface area contributed by atoms with Gasteiger partial charge in [0, 0.05) is 14.8 Å². The molecule has 1 heterocycles. The molecule has 1 N–H and O–H groups in total. The second-order valence-electron chi connectivity index (χ2n) is 5.50. The number of hydrogen-bond donors (Lipinski definition) is 1. The van der Waals surface area contributed by atoms with Gasteiger partial charge in [-0.1, -0.05) is 24.3 Å². The van der Waals surface area contributed by atoms with Gasteiger partial charge >= 0.3 is 0 Å². The standard InChI is InChI=1S/C20H13IN2OS/c21-16-6-2-1-5-15(16)19(24)22-14-11-9-13(10-12-14)20-23-17-7-3-4-8-18(17)25-20/h1-12H,(H,22,24). The first-order valence-corrected chi connectivity index (χ1v) is 9.62. The molecular weight excluding hydrogens is 443 g/mol. The Balaban J connectivity index is 1.56. The van der Waals surface area contributed by atoms with Gasteiger partial charge in [0.1, 0.15) is 5.01 Å². The molecule has 0 saturated carbocycles. The summed E-state index contributed by atoms with van der Waals surface area (Å²) in [4.78, 5) is 17.0. The van der Waals surface area contributed by atoms with Crippen LogP contribution in [0.1, 0.15) is 10.4 Å². The SMILES string of the molecule is O=C(Nc1ccc(-c2nc3ccccc3s2)cc1)c1ccccc1I. The number of amides is 1. The van der Waals surface area contributed by atoms with E-state index in [-0.39, 0.29) is 5.91 Å². The zero-order valence-electron chi connectivity index (χ0n) is 13.1. The summed E-state index contributed by atoms with van der Waals surface area (Å²) in [6.45, 7) is 0. The second-order valence-corrected chi connectivity index (χ2v) is 7.69.